The number of aromatic nitrogens is 4. The molecule has 0 saturated carbocycles. The third-order valence-electron chi connectivity index (χ3n) is 4.37. The second kappa shape index (κ2) is 6.49. The van der Waals surface area contributed by atoms with Gasteiger partial charge in [-0.3, -0.25) is 0 Å². The van der Waals surface area contributed by atoms with Gasteiger partial charge in [-0.05, 0) is 30.7 Å². The van der Waals surface area contributed by atoms with E-state index in [2.05, 4.69) is 55.8 Å². The van der Waals surface area contributed by atoms with Gasteiger partial charge in [0.15, 0.2) is 0 Å². The van der Waals surface area contributed by atoms with Crippen LogP contribution in [0.3, 0.4) is 0 Å². The molecular formula is C18H22N6. The average Bonchev–Trinajstić information content (AvgIpc) is 3.24. The van der Waals surface area contributed by atoms with Crippen molar-refractivity contribution in [2.75, 3.05) is 18.4 Å². The number of rotatable bonds is 5. The first kappa shape index (κ1) is 15.0. The average molecular weight is 322 g/mol. The molecule has 4 rings (SSSR count). The molecule has 3 heterocycles. The second-order valence-electron chi connectivity index (χ2n) is 6.35. The minimum atomic E-state index is 0.556. The summed E-state index contributed by atoms with van der Waals surface area (Å²) in [5, 5.41) is 15.8. The molecule has 0 fully saturated rings. The fourth-order valence-corrected chi connectivity index (χ4v) is 3.13. The molecule has 3 aromatic rings. The van der Waals surface area contributed by atoms with Crippen LogP contribution in [0.25, 0.3) is 5.69 Å². The number of aryl methyl sites for hydroxylation is 1. The first-order valence-corrected chi connectivity index (χ1v) is 8.36. The van der Waals surface area contributed by atoms with Crippen molar-refractivity contribution in [3.05, 3.63) is 60.0 Å². The van der Waals surface area contributed by atoms with Crippen molar-refractivity contribution in [1.29, 1.82) is 0 Å². The van der Waals surface area contributed by atoms with E-state index in [0.717, 1.165) is 43.4 Å². The maximum Gasteiger partial charge on any atom is 0.124 e. The van der Waals surface area contributed by atoms with Gasteiger partial charge in [0.25, 0.3) is 0 Å². The van der Waals surface area contributed by atoms with E-state index in [4.69, 9.17) is 0 Å². The van der Waals surface area contributed by atoms with E-state index in [1.54, 1.807) is 6.20 Å². The highest BCUT2D eigenvalue weighted by Crippen LogP contribution is 2.18. The molecule has 124 valence electrons. The van der Waals surface area contributed by atoms with Crippen LogP contribution in [0.15, 0.2) is 48.8 Å². The Kier molecular flexibility index (Phi) is 4.04. The lowest BCUT2D eigenvalue weighted by Crippen LogP contribution is -2.35. The standard InChI is InChI=1S/C18H22N6/c1-14-9-18-20-12-16(13-24(18)22-14)11-19-10-15-3-5-17(6-4-15)23-8-2-7-21-23/h2-9,16,19-20H,10-13H2,1H3/t16-/m1/s1. The maximum atomic E-state index is 4.52. The van der Waals surface area contributed by atoms with Crippen LogP contribution in [0.1, 0.15) is 11.3 Å². The summed E-state index contributed by atoms with van der Waals surface area (Å²) in [6.45, 7) is 5.86. The zero-order valence-corrected chi connectivity index (χ0v) is 13.8. The lowest BCUT2D eigenvalue weighted by Gasteiger charge is -2.25. The number of nitrogens with zero attached hydrogens (tertiary/aromatic N) is 4. The van der Waals surface area contributed by atoms with Crippen molar-refractivity contribution >= 4 is 5.82 Å². The summed E-state index contributed by atoms with van der Waals surface area (Å²) in [4.78, 5) is 0. The van der Waals surface area contributed by atoms with Crippen LogP contribution in [-0.2, 0) is 13.1 Å². The highest BCUT2D eigenvalue weighted by atomic mass is 15.3. The van der Waals surface area contributed by atoms with Crippen molar-refractivity contribution in [2.45, 2.75) is 20.0 Å². The molecule has 1 aromatic carbocycles. The fourth-order valence-electron chi connectivity index (χ4n) is 3.13. The third-order valence-corrected chi connectivity index (χ3v) is 4.37. The van der Waals surface area contributed by atoms with Crippen LogP contribution in [0.2, 0.25) is 0 Å². The monoisotopic (exact) mass is 322 g/mol. The molecule has 0 aliphatic carbocycles. The quantitative estimate of drug-likeness (QED) is 0.756. The zero-order chi connectivity index (χ0) is 16.4. The van der Waals surface area contributed by atoms with E-state index in [1.165, 1.54) is 5.56 Å². The normalized spacial score (nSPS) is 16.6. The Morgan fingerprint density at radius 1 is 1.29 bits per heavy atom. The van der Waals surface area contributed by atoms with Crippen molar-refractivity contribution in [1.82, 2.24) is 24.9 Å². The Hall–Kier alpha value is -2.60. The maximum absolute atomic E-state index is 4.52. The van der Waals surface area contributed by atoms with E-state index in [1.807, 2.05) is 23.9 Å². The van der Waals surface area contributed by atoms with Crippen LogP contribution < -0.4 is 10.6 Å². The lowest BCUT2D eigenvalue weighted by molar-refractivity contribution is 0.390. The molecule has 2 N–H and O–H groups in total. The summed E-state index contributed by atoms with van der Waals surface area (Å²) in [5.41, 5.74) is 3.44. The minimum absolute atomic E-state index is 0.556. The highest BCUT2D eigenvalue weighted by molar-refractivity contribution is 5.38. The highest BCUT2D eigenvalue weighted by Gasteiger charge is 2.18. The first-order valence-electron chi connectivity index (χ1n) is 8.36. The molecule has 2 aromatic heterocycles. The van der Waals surface area contributed by atoms with Gasteiger partial charge in [-0.15, -0.1) is 0 Å². The molecule has 1 aliphatic heterocycles. The van der Waals surface area contributed by atoms with Crippen LogP contribution >= 0.6 is 0 Å². The van der Waals surface area contributed by atoms with Crippen molar-refractivity contribution < 1.29 is 0 Å². The first-order chi connectivity index (χ1) is 11.8. The Balaban J connectivity index is 1.28. The SMILES string of the molecule is Cc1cc2n(n1)C[C@H](CNCc1ccc(-n3cccn3)cc1)CN2. The number of nitrogens with one attached hydrogen (secondary N) is 2. The van der Waals surface area contributed by atoms with Crippen LogP contribution in [0, 0.1) is 12.8 Å². The van der Waals surface area contributed by atoms with E-state index in [-0.39, 0.29) is 0 Å². The number of benzene rings is 1. The third kappa shape index (κ3) is 3.19. The van der Waals surface area contributed by atoms with E-state index in [0.29, 0.717) is 5.92 Å². The molecule has 0 saturated heterocycles. The molecule has 0 bridgehead atoms. The molecule has 0 unspecified atom stereocenters. The summed E-state index contributed by atoms with van der Waals surface area (Å²) in [6.07, 6.45) is 3.74. The van der Waals surface area contributed by atoms with E-state index in [9.17, 15) is 0 Å². The van der Waals surface area contributed by atoms with Gasteiger partial charge in [-0.25, -0.2) is 9.36 Å². The zero-order valence-electron chi connectivity index (χ0n) is 13.8. The largest absolute Gasteiger partial charge is 0.370 e. The van der Waals surface area contributed by atoms with E-state index < -0.39 is 0 Å². The summed E-state index contributed by atoms with van der Waals surface area (Å²) >= 11 is 0. The summed E-state index contributed by atoms with van der Waals surface area (Å²) in [5.74, 6) is 1.69. The summed E-state index contributed by atoms with van der Waals surface area (Å²) < 4.78 is 3.94. The van der Waals surface area contributed by atoms with Crippen LogP contribution in [0.5, 0.6) is 0 Å². The molecule has 0 radical (unpaired) electrons. The molecular weight excluding hydrogens is 300 g/mol. The molecule has 0 spiro atoms. The van der Waals surface area contributed by atoms with Gasteiger partial charge in [-0.1, -0.05) is 12.1 Å². The second-order valence-corrected chi connectivity index (χ2v) is 6.35. The topological polar surface area (TPSA) is 59.7 Å². The number of hydrogen-bond donors (Lipinski definition) is 2. The molecule has 6 nitrogen and oxygen atoms in total. The summed E-state index contributed by atoms with van der Waals surface area (Å²) in [6, 6.07) is 12.5. The Bertz CT molecular complexity index is 788. The molecule has 1 atom stereocenters. The lowest BCUT2D eigenvalue weighted by atomic mass is 10.1. The number of hydrogen-bond acceptors (Lipinski definition) is 4. The van der Waals surface area contributed by atoms with Gasteiger partial charge in [0.1, 0.15) is 5.82 Å². The predicted molar refractivity (Wildman–Crippen MR) is 94.2 cm³/mol. The van der Waals surface area contributed by atoms with Crippen LogP contribution in [0.4, 0.5) is 5.82 Å². The summed E-state index contributed by atoms with van der Waals surface area (Å²) in [7, 11) is 0. The van der Waals surface area contributed by atoms with Gasteiger partial charge < -0.3 is 10.6 Å². The van der Waals surface area contributed by atoms with Gasteiger partial charge in [0.2, 0.25) is 0 Å². The Labute approximate surface area is 141 Å². The molecule has 1 aliphatic rings. The fraction of sp³-hybridized carbons (Fsp3) is 0.333. The molecule has 6 heteroatoms. The predicted octanol–water partition coefficient (Wildman–Crippen LogP) is 2.21. The molecule has 24 heavy (non-hydrogen) atoms. The van der Waals surface area contributed by atoms with Gasteiger partial charge in [0.05, 0.1) is 11.4 Å². The van der Waals surface area contributed by atoms with Crippen LogP contribution in [-0.4, -0.2) is 32.7 Å². The van der Waals surface area contributed by atoms with Gasteiger partial charge >= 0.3 is 0 Å². The van der Waals surface area contributed by atoms with Gasteiger partial charge in [-0.2, -0.15) is 10.2 Å². The number of anilines is 1. The van der Waals surface area contributed by atoms with Crippen molar-refractivity contribution in [3.63, 3.8) is 0 Å². The minimum Gasteiger partial charge on any atom is -0.370 e. The van der Waals surface area contributed by atoms with E-state index >= 15 is 0 Å². The van der Waals surface area contributed by atoms with Crippen molar-refractivity contribution in [3.8, 4) is 5.69 Å². The van der Waals surface area contributed by atoms with Crippen molar-refractivity contribution in [2.24, 2.45) is 5.92 Å². The smallest absolute Gasteiger partial charge is 0.124 e. The molecule has 0 amide bonds. The number of fused-ring (bicyclic) bond motifs is 1. The van der Waals surface area contributed by atoms with Gasteiger partial charge in [0, 0.05) is 50.6 Å². The Morgan fingerprint density at radius 2 is 2.17 bits per heavy atom. The Morgan fingerprint density at radius 3 is 2.96 bits per heavy atom.